The smallest absolute Gasteiger partial charge is 0.282 e. The van der Waals surface area contributed by atoms with Gasteiger partial charge in [0.05, 0.1) is 11.8 Å². The summed E-state index contributed by atoms with van der Waals surface area (Å²) < 4.78 is 50.9. The molecule has 48 heavy (non-hydrogen) atoms. The Kier molecular flexibility index (Phi) is 9.16. The van der Waals surface area contributed by atoms with Crippen molar-refractivity contribution >= 4 is 21.9 Å². The fraction of sp³-hybridized carbons (Fsp3) is 0.676. The predicted octanol–water partition coefficient (Wildman–Crippen LogP) is 3.18. The lowest BCUT2D eigenvalue weighted by atomic mass is 9.72. The molecule has 5 aliphatic heterocycles. The summed E-state index contributed by atoms with van der Waals surface area (Å²) in [6.45, 7) is 15.0. The normalized spacial score (nSPS) is 26.1. The third kappa shape index (κ3) is 6.41. The van der Waals surface area contributed by atoms with Crippen LogP contribution < -0.4 is 15.0 Å². The van der Waals surface area contributed by atoms with Gasteiger partial charge in [0.1, 0.15) is 17.9 Å². The number of rotatable bonds is 10. The molecule has 0 aliphatic carbocycles. The molecule has 0 saturated carbocycles. The fourth-order valence-electron chi connectivity index (χ4n) is 8.61. The highest BCUT2D eigenvalue weighted by atomic mass is 32.2. The molecule has 1 N–H and O–H groups in total. The Labute approximate surface area is 283 Å². The summed E-state index contributed by atoms with van der Waals surface area (Å²) in [6.07, 6.45) is 7.09. The second-order valence-electron chi connectivity index (χ2n) is 15.1. The van der Waals surface area contributed by atoms with E-state index in [0.717, 1.165) is 65.0 Å². The average molecular weight is 685 g/mol. The van der Waals surface area contributed by atoms with Crippen LogP contribution in [0.1, 0.15) is 63.7 Å². The van der Waals surface area contributed by atoms with Crippen molar-refractivity contribution in [3.05, 3.63) is 42.1 Å². The lowest BCUT2D eigenvalue weighted by Gasteiger charge is -2.54. The molecule has 1 amide bonds. The maximum Gasteiger partial charge on any atom is 0.282 e. The zero-order valence-corrected chi connectivity index (χ0v) is 29.3. The number of fused-ring (bicyclic) bond motifs is 2. The number of amides is 1. The molecule has 0 unspecified atom stereocenters. The minimum Gasteiger partial charge on any atom is -0.451 e. The van der Waals surface area contributed by atoms with Gasteiger partial charge in [-0.2, -0.15) is 17.0 Å². The van der Waals surface area contributed by atoms with Crippen molar-refractivity contribution in [2.75, 3.05) is 63.8 Å². The lowest BCUT2D eigenvalue weighted by Crippen LogP contribution is -2.61. The summed E-state index contributed by atoms with van der Waals surface area (Å²) in [6, 6.07) is 4.32. The Balaban J connectivity index is 0.942. The second-order valence-corrected chi connectivity index (χ2v) is 17.0. The maximum atomic E-state index is 14.4. The zero-order valence-electron chi connectivity index (χ0n) is 28.5. The second kappa shape index (κ2) is 13.1. The number of carbonyl (C=O) groups excluding carboxylic acids is 1. The molecule has 1 aromatic carbocycles. The Bertz CT molecular complexity index is 1600. The van der Waals surface area contributed by atoms with Gasteiger partial charge in [-0.25, -0.2) is 14.4 Å². The third-order valence-electron chi connectivity index (χ3n) is 11.1. The first kappa shape index (κ1) is 33.6. The molecule has 262 valence electrons. The lowest BCUT2D eigenvalue weighted by molar-refractivity contribution is 0.0640. The van der Waals surface area contributed by atoms with Gasteiger partial charge in [-0.1, -0.05) is 0 Å². The fourth-order valence-corrected chi connectivity index (χ4v) is 10.6. The van der Waals surface area contributed by atoms with Crippen LogP contribution in [0.15, 0.2) is 30.7 Å². The largest absolute Gasteiger partial charge is 0.451 e. The van der Waals surface area contributed by atoms with E-state index in [2.05, 4.69) is 25.1 Å². The van der Waals surface area contributed by atoms with E-state index in [1.54, 1.807) is 19.7 Å². The molecule has 0 radical (unpaired) electrons. The first-order chi connectivity index (χ1) is 22.9. The number of halogens is 1. The number of benzene rings is 1. The maximum absolute atomic E-state index is 14.4. The average Bonchev–Trinajstić information content (AvgIpc) is 3.80. The number of aromatic nitrogens is 2. The molecular weight excluding hydrogens is 635 g/mol. The van der Waals surface area contributed by atoms with Gasteiger partial charge in [-0.15, -0.1) is 0 Å². The van der Waals surface area contributed by atoms with Crippen LogP contribution in [0.5, 0.6) is 11.5 Å². The van der Waals surface area contributed by atoms with Crippen LogP contribution in [-0.4, -0.2) is 126 Å². The number of hydrogen-bond donors (Lipinski definition) is 1. The van der Waals surface area contributed by atoms with E-state index in [1.807, 2.05) is 27.7 Å². The van der Waals surface area contributed by atoms with Gasteiger partial charge in [-0.05, 0) is 90.6 Å². The zero-order chi connectivity index (χ0) is 33.8. The number of carbonyl (C=O) groups is 1. The van der Waals surface area contributed by atoms with Gasteiger partial charge in [0.25, 0.3) is 16.1 Å². The number of nitrogens with one attached hydrogen (secondary N) is 1. The predicted molar refractivity (Wildman–Crippen MR) is 181 cm³/mol. The van der Waals surface area contributed by atoms with E-state index in [0.29, 0.717) is 43.2 Å². The SMILES string of the molecule is CC(C)N(C(=O)c1cc(F)ccc1Oc1cncnc1N1CC2(CCN(C[C@H]3CCN(S(=O)(=O)N4C[C@H]5C[C@@H]4CN5)C3)CC2)C1)C(C)C. The monoisotopic (exact) mass is 684 g/mol. The minimum absolute atomic E-state index is 0.0651. The van der Waals surface area contributed by atoms with Crippen LogP contribution in [0.3, 0.4) is 0 Å². The number of piperazine rings is 1. The van der Waals surface area contributed by atoms with Crippen LogP contribution >= 0.6 is 0 Å². The third-order valence-corrected chi connectivity index (χ3v) is 13.1. The number of likely N-dealkylation sites (tertiary alicyclic amines) is 1. The van der Waals surface area contributed by atoms with Gasteiger partial charge in [-0.3, -0.25) is 4.79 Å². The molecule has 5 aliphatic rings. The van der Waals surface area contributed by atoms with Crippen molar-refractivity contribution in [3.63, 3.8) is 0 Å². The summed E-state index contributed by atoms with van der Waals surface area (Å²) in [5.41, 5.74) is 0.363. The van der Waals surface area contributed by atoms with E-state index < -0.39 is 16.0 Å². The van der Waals surface area contributed by atoms with Crippen LogP contribution in [0.2, 0.25) is 0 Å². The summed E-state index contributed by atoms with van der Waals surface area (Å²) in [5.74, 6) is 0.951. The van der Waals surface area contributed by atoms with Gasteiger partial charge in [0, 0.05) is 75.4 Å². The van der Waals surface area contributed by atoms with E-state index >= 15 is 0 Å². The van der Waals surface area contributed by atoms with Crippen LogP contribution in [0.25, 0.3) is 0 Å². The first-order valence-electron chi connectivity index (χ1n) is 17.5. The summed E-state index contributed by atoms with van der Waals surface area (Å²) >= 11 is 0. The molecule has 2 aromatic rings. The molecule has 7 rings (SSSR count). The minimum atomic E-state index is -3.39. The van der Waals surface area contributed by atoms with Crippen molar-refractivity contribution in [2.24, 2.45) is 11.3 Å². The van der Waals surface area contributed by atoms with Crippen molar-refractivity contribution in [1.29, 1.82) is 0 Å². The molecular formula is C34H49FN8O4S. The Morgan fingerprint density at radius 2 is 1.85 bits per heavy atom. The molecule has 5 fully saturated rings. The topological polar surface area (TPSA) is 114 Å². The molecule has 6 heterocycles. The number of piperidine rings is 1. The summed E-state index contributed by atoms with van der Waals surface area (Å²) in [4.78, 5) is 28.7. The molecule has 14 heteroatoms. The van der Waals surface area contributed by atoms with Crippen molar-refractivity contribution in [1.82, 2.24) is 33.7 Å². The number of nitrogens with zero attached hydrogens (tertiary/aromatic N) is 7. The van der Waals surface area contributed by atoms with Crippen LogP contribution in [-0.2, 0) is 10.2 Å². The van der Waals surface area contributed by atoms with E-state index in [-0.39, 0.29) is 40.8 Å². The molecule has 3 atom stereocenters. The molecule has 1 spiro atoms. The van der Waals surface area contributed by atoms with Crippen LogP contribution in [0.4, 0.5) is 10.2 Å². The van der Waals surface area contributed by atoms with E-state index in [9.17, 15) is 17.6 Å². The Morgan fingerprint density at radius 3 is 2.52 bits per heavy atom. The highest BCUT2D eigenvalue weighted by molar-refractivity contribution is 7.86. The van der Waals surface area contributed by atoms with Crippen molar-refractivity contribution < 1.29 is 22.3 Å². The molecule has 2 bridgehead atoms. The molecule has 5 saturated heterocycles. The Morgan fingerprint density at radius 1 is 1.10 bits per heavy atom. The number of hydrogen-bond acceptors (Lipinski definition) is 9. The number of anilines is 1. The highest BCUT2D eigenvalue weighted by Crippen LogP contribution is 2.45. The summed E-state index contributed by atoms with van der Waals surface area (Å²) in [5, 5.41) is 3.40. The molecule has 12 nitrogen and oxygen atoms in total. The van der Waals surface area contributed by atoms with E-state index in [1.165, 1.54) is 24.5 Å². The van der Waals surface area contributed by atoms with Gasteiger partial charge < -0.3 is 24.8 Å². The number of ether oxygens (including phenoxy) is 1. The van der Waals surface area contributed by atoms with Crippen molar-refractivity contribution in [2.45, 2.75) is 77.5 Å². The summed E-state index contributed by atoms with van der Waals surface area (Å²) in [7, 11) is -3.39. The Hall–Kier alpha value is -2.91. The first-order valence-corrected chi connectivity index (χ1v) is 18.9. The van der Waals surface area contributed by atoms with Gasteiger partial charge in [0.2, 0.25) is 0 Å². The van der Waals surface area contributed by atoms with Crippen molar-refractivity contribution in [3.8, 4) is 11.5 Å². The highest BCUT2D eigenvalue weighted by Gasteiger charge is 2.49. The van der Waals surface area contributed by atoms with Gasteiger partial charge >= 0.3 is 0 Å². The van der Waals surface area contributed by atoms with E-state index in [4.69, 9.17) is 4.74 Å². The quantitative estimate of drug-likeness (QED) is 0.403. The standard InChI is InChI=1S/C34H49FN8O4S/c1-23(2)43(24(3)4)33(44)29-13-26(35)5-6-30(29)47-31-16-36-22-38-32(31)40-20-34(21-40)8-11-39(12-9-34)17-25-7-10-41(18-25)48(45,46)42-19-27-14-28(42)15-37-27/h5-6,13,16,22-25,27-28,37H,7-12,14-15,17-21H2,1-4H3/t25-,27-,28-/m1/s1. The van der Waals surface area contributed by atoms with Crippen LogP contribution in [0, 0.1) is 17.2 Å². The van der Waals surface area contributed by atoms with Gasteiger partial charge in [0.15, 0.2) is 11.6 Å². The molecule has 1 aromatic heterocycles.